The number of rotatable bonds is 4. The molecule has 0 aliphatic carbocycles. The topological polar surface area (TPSA) is 64.3 Å². The molecule has 0 saturated carbocycles. The number of alkyl halides is 1. The number of allylic oxidation sites excluding steroid dienone is 3. The van der Waals surface area contributed by atoms with Crippen LogP contribution in [0.4, 0.5) is 0 Å². The average Bonchev–Trinajstić information content (AvgIpc) is 3.09. The highest BCUT2D eigenvalue weighted by Gasteiger charge is 2.35. The second-order valence-corrected chi connectivity index (χ2v) is 7.04. The summed E-state index contributed by atoms with van der Waals surface area (Å²) in [5.74, 6) is 0.798. The van der Waals surface area contributed by atoms with E-state index in [0.717, 1.165) is 28.2 Å². The molecule has 2 aromatic rings. The predicted octanol–water partition coefficient (Wildman–Crippen LogP) is 3.44. The standard InChI is InChI=1S/C20H16BrN5/c21-19-13-25-20-17(24-12-14-5-4-8-23-11-14)9-16(18(10-22)26(19)20)15-6-2-1-3-7-15/h1-9,11,19,24H,12-13H2. The first-order valence-corrected chi connectivity index (χ1v) is 9.22. The molecule has 1 aromatic heterocycles. The van der Waals surface area contributed by atoms with Crippen LogP contribution in [0.3, 0.4) is 0 Å². The van der Waals surface area contributed by atoms with Gasteiger partial charge in [-0.1, -0.05) is 52.3 Å². The summed E-state index contributed by atoms with van der Waals surface area (Å²) in [5, 5.41) is 13.3. The first-order chi connectivity index (χ1) is 12.8. The zero-order valence-electron chi connectivity index (χ0n) is 13.9. The quantitative estimate of drug-likeness (QED) is 0.624. The maximum Gasteiger partial charge on any atom is 0.153 e. The van der Waals surface area contributed by atoms with E-state index in [2.05, 4.69) is 37.3 Å². The number of nitrogens with one attached hydrogen (secondary N) is 1. The number of fused-ring (bicyclic) bond motifs is 1. The number of aliphatic imine (C=N–C) groups is 1. The summed E-state index contributed by atoms with van der Waals surface area (Å²) in [6, 6.07) is 16.3. The normalized spacial score (nSPS) is 18.8. The number of pyridine rings is 1. The van der Waals surface area contributed by atoms with Gasteiger partial charge in [0.05, 0.1) is 12.2 Å². The van der Waals surface area contributed by atoms with Gasteiger partial charge in [0.25, 0.3) is 0 Å². The summed E-state index contributed by atoms with van der Waals surface area (Å²) in [7, 11) is 0. The fourth-order valence-corrected chi connectivity index (χ4v) is 3.65. The molecule has 0 spiro atoms. The molecule has 0 bridgehead atoms. The van der Waals surface area contributed by atoms with Crippen LogP contribution in [0.2, 0.25) is 0 Å². The Bertz CT molecular complexity index is 941. The molecule has 1 N–H and O–H groups in total. The van der Waals surface area contributed by atoms with Crippen molar-refractivity contribution < 1.29 is 0 Å². The van der Waals surface area contributed by atoms with Gasteiger partial charge in [-0.2, -0.15) is 5.26 Å². The van der Waals surface area contributed by atoms with Gasteiger partial charge in [-0.05, 0) is 23.3 Å². The average molecular weight is 406 g/mol. The van der Waals surface area contributed by atoms with Crippen molar-refractivity contribution in [1.82, 2.24) is 15.2 Å². The van der Waals surface area contributed by atoms with E-state index in [1.807, 2.05) is 59.6 Å². The zero-order valence-corrected chi connectivity index (χ0v) is 15.5. The van der Waals surface area contributed by atoms with Gasteiger partial charge in [-0.25, -0.2) is 0 Å². The van der Waals surface area contributed by atoms with Crippen molar-refractivity contribution in [2.24, 2.45) is 4.99 Å². The van der Waals surface area contributed by atoms with E-state index in [1.54, 1.807) is 6.20 Å². The minimum atomic E-state index is -0.0187. The second kappa shape index (κ2) is 7.14. The maximum absolute atomic E-state index is 9.80. The van der Waals surface area contributed by atoms with Gasteiger partial charge >= 0.3 is 0 Å². The van der Waals surface area contributed by atoms with E-state index < -0.39 is 0 Å². The number of nitriles is 1. The third-order valence-corrected chi connectivity index (χ3v) is 5.02. The van der Waals surface area contributed by atoms with Crippen molar-refractivity contribution in [2.45, 2.75) is 11.5 Å². The monoisotopic (exact) mass is 405 g/mol. The van der Waals surface area contributed by atoms with Crippen LogP contribution in [0.15, 0.2) is 77.3 Å². The largest absolute Gasteiger partial charge is 0.378 e. The van der Waals surface area contributed by atoms with Crippen LogP contribution in [0.25, 0.3) is 5.57 Å². The van der Waals surface area contributed by atoms with E-state index in [1.165, 1.54) is 0 Å². The molecule has 2 aliphatic heterocycles. The van der Waals surface area contributed by atoms with Crippen LogP contribution in [0.5, 0.6) is 0 Å². The number of halogens is 1. The highest BCUT2D eigenvalue weighted by atomic mass is 79.9. The molecule has 4 rings (SSSR count). The van der Waals surface area contributed by atoms with E-state index in [9.17, 15) is 5.26 Å². The highest BCUT2D eigenvalue weighted by Crippen LogP contribution is 2.34. The molecule has 0 fully saturated rings. The molecular formula is C20H16BrN5. The lowest BCUT2D eigenvalue weighted by atomic mass is 9.98. The van der Waals surface area contributed by atoms with Gasteiger partial charge in [0.15, 0.2) is 5.84 Å². The van der Waals surface area contributed by atoms with Crippen molar-refractivity contribution in [3.63, 3.8) is 0 Å². The SMILES string of the molecule is N#CC1=C(c2ccccc2)C=C(NCc2cccnc2)C2=NCC(Br)N21. The third-order valence-electron chi connectivity index (χ3n) is 4.32. The van der Waals surface area contributed by atoms with Gasteiger partial charge in [0.1, 0.15) is 16.7 Å². The van der Waals surface area contributed by atoms with Gasteiger partial charge in [-0.3, -0.25) is 9.98 Å². The molecule has 1 unspecified atom stereocenters. The van der Waals surface area contributed by atoms with Crippen LogP contribution in [0, 0.1) is 11.3 Å². The summed E-state index contributed by atoms with van der Waals surface area (Å²) in [4.78, 5) is 10.7. The van der Waals surface area contributed by atoms with E-state index >= 15 is 0 Å². The van der Waals surface area contributed by atoms with Crippen LogP contribution >= 0.6 is 15.9 Å². The lowest BCUT2D eigenvalue weighted by Crippen LogP contribution is -2.39. The molecule has 3 heterocycles. The van der Waals surface area contributed by atoms with E-state index in [0.29, 0.717) is 18.8 Å². The van der Waals surface area contributed by atoms with Crippen molar-refractivity contribution >= 4 is 27.3 Å². The van der Waals surface area contributed by atoms with E-state index in [-0.39, 0.29) is 4.95 Å². The first-order valence-electron chi connectivity index (χ1n) is 8.30. The van der Waals surface area contributed by atoms with Gasteiger partial charge in [0.2, 0.25) is 0 Å². The predicted molar refractivity (Wildman–Crippen MR) is 105 cm³/mol. The molecule has 1 atom stereocenters. The van der Waals surface area contributed by atoms with E-state index in [4.69, 9.17) is 0 Å². The molecule has 2 aliphatic rings. The third kappa shape index (κ3) is 3.02. The first kappa shape index (κ1) is 16.6. The number of hydrogen-bond acceptors (Lipinski definition) is 5. The number of nitrogens with zero attached hydrogens (tertiary/aromatic N) is 4. The summed E-state index contributed by atoms with van der Waals surface area (Å²) in [6.45, 7) is 1.25. The zero-order chi connectivity index (χ0) is 17.9. The Kier molecular flexibility index (Phi) is 4.55. The maximum atomic E-state index is 9.80. The Balaban J connectivity index is 1.74. The minimum absolute atomic E-state index is 0.0187. The summed E-state index contributed by atoms with van der Waals surface area (Å²) in [6.07, 6.45) is 5.62. The van der Waals surface area contributed by atoms with Crippen molar-refractivity contribution in [1.29, 1.82) is 5.26 Å². The van der Waals surface area contributed by atoms with Gasteiger partial charge in [-0.15, -0.1) is 0 Å². The Morgan fingerprint density at radius 2 is 2.08 bits per heavy atom. The number of amidine groups is 1. The lowest BCUT2D eigenvalue weighted by Gasteiger charge is -2.30. The Hall–Kier alpha value is -2.91. The highest BCUT2D eigenvalue weighted by molar-refractivity contribution is 9.09. The fraction of sp³-hybridized carbons (Fsp3) is 0.150. The summed E-state index contributed by atoms with van der Waals surface area (Å²) >= 11 is 3.65. The smallest absolute Gasteiger partial charge is 0.153 e. The Morgan fingerprint density at radius 1 is 1.23 bits per heavy atom. The molecule has 0 amide bonds. The Morgan fingerprint density at radius 3 is 2.81 bits per heavy atom. The molecular weight excluding hydrogens is 390 g/mol. The van der Waals surface area contributed by atoms with Gasteiger partial charge in [0, 0.05) is 24.5 Å². The molecule has 1 aromatic carbocycles. The minimum Gasteiger partial charge on any atom is -0.378 e. The summed E-state index contributed by atoms with van der Waals surface area (Å²) < 4.78 is 0. The molecule has 0 saturated heterocycles. The Labute approximate surface area is 160 Å². The molecule has 5 nitrogen and oxygen atoms in total. The molecule has 128 valence electrons. The number of benzene rings is 1. The molecule has 0 radical (unpaired) electrons. The summed E-state index contributed by atoms with van der Waals surface area (Å²) in [5.41, 5.74) is 4.52. The molecule has 6 heteroatoms. The lowest BCUT2D eigenvalue weighted by molar-refractivity contribution is 0.545. The van der Waals surface area contributed by atoms with Crippen molar-refractivity contribution in [3.8, 4) is 6.07 Å². The molecule has 26 heavy (non-hydrogen) atoms. The van der Waals surface area contributed by atoms with Crippen LogP contribution in [0.1, 0.15) is 11.1 Å². The number of hydrogen-bond donors (Lipinski definition) is 1. The number of aromatic nitrogens is 1. The van der Waals surface area contributed by atoms with Crippen LogP contribution in [-0.4, -0.2) is 27.2 Å². The fourth-order valence-electron chi connectivity index (χ4n) is 3.10. The van der Waals surface area contributed by atoms with Gasteiger partial charge < -0.3 is 10.2 Å². The van der Waals surface area contributed by atoms with Crippen molar-refractivity contribution in [3.05, 3.63) is 83.5 Å². The van der Waals surface area contributed by atoms with Crippen LogP contribution < -0.4 is 5.32 Å². The van der Waals surface area contributed by atoms with Crippen LogP contribution in [-0.2, 0) is 6.54 Å². The second-order valence-electron chi connectivity index (χ2n) is 5.98. The van der Waals surface area contributed by atoms with Crippen molar-refractivity contribution in [2.75, 3.05) is 6.54 Å².